The minimum Gasteiger partial charge on any atom is -0.396 e. The van der Waals surface area contributed by atoms with Gasteiger partial charge in [-0.25, -0.2) is 0 Å². The lowest BCUT2D eigenvalue weighted by Gasteiger charge is -2.41. The van der Waals surface area contributed by atoms with Gasteiger partial charge < -0.3 is 10.4 Å². The van der Waals surface area contributed by atoms with Gasteiger partial charge in [-0.1, -0.05) is 37.1 Å². The van der Waals surface area contributed by atoms with E-state index >= 15 is 0 Å². The summed E-state index contributed by atoms with van der Waals surface area (Å²) in [5, 5.41) is 12.8. The standard InChI is InChI=1S/C16H22ClNO2/c1-2-14(8-11-19)18-15(20)16(9-3-10-16)12-4-6-13(17)7-5-12/h4-7,14,19H,2-3,8-11H2,1H3,(H,18,20). The van der Waals surface area contributed by atoms with Crippen molar-refractivity contribution in [3.8, 4) is 0 Å². The van der Waals surface area contributed by atoms with Gasteiger partial charge in [0.25, 0.3) is 0 Å². The van der Waals surface area contributed by atoms with E-state index in [9.17, 15) is 4.79 Å². The summed E-state index contributed by atoms with van der Waals surface area (Å²) < 4.78 is 0. The predicted molar refractivity (Wildman–Crippen MR) is 80.9 cm³/mol. The Kier molecular flexibility index (Phi) is 5.06. The van der Waals surface area contributed by atoms with E-state index in [4.69, 9.17) is 16.7 Å². The van der Waals surface area contributed by atoms with Crippen molar-refractivity contribution in [1.82, 2.24) is 5.32 Å². The molecule has 110 valence electrons. The van der Waals surface area contributed by atoms with Crippen LogP contribution in [0.1, 0.15) is 44.6 Å². The van der Waals surface area contributed by atoms with Crippen LogP contribution in [0.15, 0.2) is 24.3 Å². The van der Waals surface area contributed by atoms with Crippen molar-refractivity contribution < 1.29 is 9.90 Å². The van der Waals surface area contributed by atoms with E-state index in [-0.39, 0.29) is 18.6 Å². The molecule has 0 saturated heterocycles. The Hall–Kier alpha value is -1.06. The maximum atomic E-state index is 12.7. The molecular weight excluding hydrogens is 274 g/mol. The summed E-state index contributed by atoms with van der Waals surface area (Å²) in [4.78, 5) is 12.7. The summed E-state index contributed by atoms with van der Waals surface area (Å²) in [5.74, 6) is 0.0892. The Morgan fingerprint density at radius 2 is 2.05 bits per heavy atom. The highest BCUT2D eigenvalue weighted by molar-refractivity contribution is 6.30. The summed E-state index contributed by atoms with van der Waals surface area (Å²) in [6.07, 6.45) is 4.29. The third-order valence-electron chi connectivity index (χ3n) is 4.34. The van der Waals surface area contributed by atoms with E-state index in [1.165, 1.54) is 0 Å². The smallest absolute Gasteiger partial charge is 0.230 e. The molecule has 0 aliphatic heterocycles. The zero-order valence-corrected chi connectivity index (χ0v) is 12.6. The summed E-state index contributed by atoms with van der Waals surface area (Å²) in [7, 11) is 0. The number of aliphatic hydroxyl groups excluding tert-OH is 1. The van der Waals surface area contributed by atoms with Crippen LogP contribution in [0.25, 0.3) is 0 Å². The van der Waals surface area contributed by atoms with Crippen molar-refractivity contribution in [3.63, 3.8) is 0 Å². The van der Waals surface area contributed by atoms with Crippen molar-refractivity contribution in [2.24, 2.45) is 0 Å². The molecule has 1 aromatic carbocycles. The Labute approximate surface area is 125 Å². The second-order valence-corrected chi connectivity index (χ2v) is 5.97. The van der Waals surface area contributed by atoms with Crippen molar-refractivity contribution in [1.29, 1.82) is 0 Å². The topological polar surface area (TPSA) is 49.3 Å². The predicted octanol–water partition coefficient (Wildman–Crippen LogP) is 3.04. The Morgan fingerprint density at radius 3 is 2.50 bits per heavy atom. The summed E-state index contributed by atoms with van der Waals surface area (Å²) in [6, 6.07) is 7.64. The molecule has 0 heterocycles. The molecule has 0 aromatic heterocycles. The van der Waals surface area contributed by atoms with Gasteiger partial charge >= 0.3 is 0 Å². The Bertz CT molecular complexity index is 454. The van der Waals surface area contributed by atoms with E-state index in [0.29, 0.717) is 11.4 Å². The average Bonchev–Trinajstić information content (AvgIpc) is 2.39. The van der Waals surface area contributed by atoms with E-state index < -0.39 is 5.41 Å². The van der Waals surface area contributed by atoms with Gasteiger partial charge in [0.2, 0.25) is 5.91 Å². The third kappa shape index (κ3) is 2.99. The van der Waals surface area contributed by atoms with Gasteiger partial charge in [0.05, 0.1) is 5.41 Å². The maximum absolute atomic E-state index is 12.7. The molecule has 20 heavy (non-hydrogen) atoms. The lowest BCUT2D eigenvalue weighted by molar-refractivity contribution is -0.130. The number of carbonyl (C=O) groups excluding carboxylic acids is 1. The minimum absolute atomic E-state index is 0.0530. The van der Waals surface area contributed by atoms with Crippen LogP contribution in [0.4, 0.5) is 0 Å². The van der Waals surface area contributed by atoms with Gasteiger partial charge in [0.15, 0.2) is 0 Å². The zero-order valence-electron chi connectivity index (χ0n) is 11.9. The molecule has 1 unspecified atom stereocenters. The number of amides is 1. The molecule has 0 radical (unpaired) electrons. The summed E-state index contributed by atoms with van der Waals surface area (Å²) in [5.41, 5.74) is 0.650. The fraction of sp³-hybridized carbons (Fsp3) is 0.562. The number of aliphatic hydroxyl groups is 1. The lowest BCUT2D eigenvalue weighted by Crippen LogP contribution is -2.52. The molecule has 4 heteroatoms. The zero-order chi connectivity index (χ0) is 14.6. The first kappa shape index (κ1) is 15.3. The van der Waals surface area contributed by atoms with Crippen LogP contribution in [-0.4, -0.2) is 23.7 Å². The number of halogens is 1. The number of hydrogen-bond acceptors (Lipinski definition) is 2. The molecule has 1 atom stereocenters. The van der Waals surface area contributed by atoms with Gasteiger partial charge in [-0.2, -0.15) is 0 Å². The molecule has 1 aliphatic rings. The van der Waals surface area contributed by atoms with Gasteiger partial charge in [0.1, 0.15) is 0 Å². The van der Waals surface area contributed by atoms with Crippen LogP contribution in [-0.2, 0) is 10.2 Å². The lowest BCUT2D eigenvalue weighted by atomic mass is 9.63. The highest BCUT2D eigenvalue weighted by atomic mass is 35.5. The van der Waals surface area contributed by atoms with Crippen molar-refractivity contribution >= 4 is 17.5 Å². The van der Waals surface area contributed by atoms with Crippen LogP contribution >= 0.6 is 11.6 Å². The van der Waals surface area contributed by atoms with Crippen LogP contribution in [0, 0.1) is 0 Å². The number of carbonyl (C=O) groups is 1. The fourth-order valence-corrected chi connectivity index (χ4v) is 2.93. The molecule has 3 nitrogen and oxygen atoms in total. The Morgan fingerprint density at radius 1 is 1.40 bits per heavy atom. The molecule has 0 spiro atoms. The van der Waals surface area contributed by atoms with Gasteiger partial charge in [-0.3, -0.25) is 4.79 Å². The van der Waals surface area contributed by atoms with E-state index in [1.54, 1.807) is 0 Å². The number of nitrogens with one attached hydrogen (secondary N) is 1. The minimum atomic E-state index is -0.395. The van der Waals surface area contributed by atoms with Crippen molar-refractivity contribution in [3.05, 3.63) is 34.9 Å². The highest BCUT2D eigenvalue weighted by Crippen LogP contribution is 2.44. The SMILES string of the molecule is CCC(CCO)NC(=O)C1(c2ccc(Cl)cc2)CCC1. The second-order valence-electron chi connectivity index (χ2n) is 5.53. The van der Waals surface area contributed by atoms with E-state index in [0.717, 1.165) is 31.2 Å². The van der Waals surface area contributed by atoms with Gasteiger partial charge in [-0.05, 0) is 43.4 Å². The van der Waals surface area contributed by atoms with Crippen LogP contribution < -0.4 is 5.32 Å². The van der Waals surface area contributed by atoms with Gasteiger partial charge in [0, 0.05) is 17.7 Å². The molecule has 0 bridgehead atoms. The number of hydrogen-bond donors (Lipinski definition) is 2. The van der Waals surface area contributed by atoms with Crippen LogP contribution in [0.3, 0.4) is 0 Å². The molecule has 1 amide bonds. The van der Waals surface area contributed by atoms with Crippen LogP contribution in [0.5, 0.6) is 0 Å². The quantitative estimate of drug-likeness (QED) is 0.847. The highest BCUT2D eigenvalue weighted by Gasteiger charge is 2.45. The maximum Gasteiger partial charge on any atom is 0.230 e. The van der Waals surface area contributed by atoms with E-state index in [1.807, 2.05) is 31.2 Å². The molecule has 1 aromatic rings. The molecular formula is C16H22ClNO2. The second kappa shape index (κ2) is 6.59. The first-order chi connectivity index (χ1) is 9.62. The normalized spacial score (nSPS) is 18.1. The van der Waals surface area contributed by atoms with E-state index in [2.05, 4.69) is 5.32 Å². The molecule has 2 N–H and O–H groups in total. The monoisotopic (exact) mass is 295 g/mol. The summed E-state index contributed by atoms with van der Waals surface area (Å²) >= 11 is 5.92. The first-order valence-corrected chi connectivity index (χ1v) is 7.68. The number of rotatable bonds is 6. The largest absolute Gasteiger partial charge is 0.396 e. The van der Waals surface area contributed by atoms with Crippen molar-refractivity contribution in [2.75, 3.05) is 6.61 Å². The van der Waals surface area contributed by atoms with Gasteiger partial charge in [-0.15, -0.1) is 0 Å². The third-order valence-corrected chi connectivity index (χ3v) is 4.60. The first-order valence-electron chi connectivity index (χ1n) is 7.30. The number of benzene rings is 1. The summed E-state index contributed by atoms with van der Waals surface area (Å²) in [6.45, 7) is 2.13. The molecule has 1 saturated carbocycles. The average molecular weight is 296 g/mol. The Balaban J connectivity index is 2.14. The fourth-order valence-electron chi connectivity index (χ4n) is 2.80. The van der Waals surface area contributed by atoms with Crippen LogP contribution in [0.2, 0.25) is 5.02 Å². The molecule has 1 aliphatic carbocycles. The molecule has 2 rings (SSSR count). The van der Waals surface area contributed by atoms with Crippen molar-refractivity contribution in [2.45, 2.75) is 50.5 Å². The molecule has 1 fully saturated rings.